The van der Waals surface area contributed by atoms with E-state index in [2.05, 4.69) is 9.71 Å². The number of nitrogens with zero attached hydrogens (tertiary/aromatic N) is 3. The molecule has 1 aliphatic rings. The van der Waals surface area contributed by atoms with Crippen molar-refractivity contribution in [3.63, 3.8) is 0 Å². The molecule has 0 radical (unpaired) electrons. The first-order valence-electron chi connectivity index (χ1n) is 10.8. The number of hydrogen-bond acceptors (Lipinski definition) is 6. The summed E-state index contributed by atoms with van der Waals surface area (Å²) in [5.74, 6) is -0.320. The van der Waals surface area contributed by atoms with Crippen LogP contribution in [0, 0.1) is 0 Å². The fourth-order valence-corrected chi connectivity index (χ4v) is 5.33. The highest BCUT2D eigenvalue weighted by atomic mass is 32.2. The summed E-state index contributed by atoms with van der Waals surface area (Å²) in [5.41, 5.74) is 11.7. The lowest BCUT2D eigenvalue weighted by Crippen LogP contribution is -2.51. The molecule has 11 heteroatoms. The summed E-state index contributed by atoms with van der Waals surface area (Å²) in [5, 5.41) is 1.41. The molecule has 1 aliphatic heterocycles. The van der Waals surface area contributed by atoms with Crippen molar-refractivity contribution < 1.29 is 17.9 Å². The second-order valence-corrected chi connectivity index (χ2v) is 9.77. The van der Waals surface area contributed by atoms with Crippen molar-refractivity contribution in [2.75, 3.05) is 51.8 Å². The van der Waals surface area contributed by atoms with Crippen LogP contribution in [0.2, 0.25) is 0 Å². The maximum atomic E-state index is 13.5. The zero-order chi connectivity index (χ0) is 24.0. The van der Waals surface area contributed by atoms with Crippen LogP contribution in [0.4, 0.5) is 5.69 Å². The monoisotopic (exact) mass is 476 g/mol. The topological polar surface area (TPSA) is 143 Å². The number of benzene rings is 2. The first-order chi connectivity index (χ1) is 15.7. The van der Waals surface area contributed by atoms with Crippen LogP contribution >= 0.6 is 0 Å². The highest BCUT2D eigenvalue weighted by Gasteiger charge is 2.30. The van der Waals surface area contributed by atoms with Crippen LogP contribution < -0.4 is 21.1 Å². The van der Waals surface area contributed by atoms with Gasteiger partial charge in [-0.25, -0.2) is 8.42 Å². The van der Waals surface area contributed by atoms with Gasteiger partial charge in [-0.2, -0.15) is 4.72 Å². The van der Waals surface area contributed by atoms with Gasteiger partial charge in [-0.15, -0.1) is 0 Å². The number of carbonyl (C=O) groups is 1. The van der Waals surface area contributed by atoms with Gasteiger partial charge in [-0.3, -0.25) is 9.79 Å². The number of nitrogens with one attached hydrogen (secondary N) is 1. The van der Waals surface area contributed by atoms with Crippen molar-refractivity contribution in [3.05, 3.63) is 36.4 Å². The van der Waals surface area contributed by atoms with Gasteiger partial charge in [0.15, 0.2) is 5.96 Å². The molecule has 0 saturated carbocycles. The number of sulfonamides is 1. The van der Waals surface area contributed by atoms with E-state index in [0.717, 1.165) is 11.1 Å². The average Bonchev–Trinajstić information content (AvgIpc) is 2.80. The highest BCUT2D eigenvalue weighted by molar-refractivity contribution is 7.89. The van der Waals surface area contributed by atoms with Crippen LogP contribution in [0.15, 0.2) is 46.3 Å². The Morgan fingerprint density at radius 1 is 1.15 bits per heavy atom. The molecule has 0 aromatic heterocycles. The molecule has 10 nitrogen and oxygen atoms in total. The van der Waals surface area contributed by atoms with Crippen LogP contribution in [0.1, 0.15) is 12.8 Å². The van der Waals surface area contributed by atoms with E-state index < -0.39 is 16.1 Å². The summed E-state index contributed by atoms with van der Waals surface area (Å²) in [6, 6.07) is 9.74. The maximum Gasteiger partial charge on any atom is 0.241 e. The van der Waals surface area contributed by atoms with E-state index in [0.29, 0.717) is 44.7 Å². The van der Waals surface area contributed by atoms with E-state index in [-0.39, 0.29) is 23.2 Å². The normalized spacial score (nSPS) is 15.3. The lowest BCUT2D eigenvalue weighted by atomic mass is 10.1. The average molecular weight is 477 g/mol. The number of anilines is 1. The minimum Gasteiger partial charge on any atom is -0.378 e. The summed E-state index contributed by atoms with van der Waals surface area (Å²) in [6.45, 7) is 2.00. The van der Waals surface area contributed by atoms with Crippen LogP contribution in [0.5, 0.6) is 0 Å². The van der Waals surface area contributed by atoms with Crippen molar-refractivity contribution >= 4 is 38.3 Å². The lowest BCUT2D eigenvalue weighted by Gasteiger charge is -2.30. The van der Waals surface area contributed by atoms with Crippen molar-refractivity contribution in [3.8, 4) is 0 Å². The Hall–Kier alpha value is -2.89. The Labute approximate surface area is 194 Å². The quantitative estimate of drug-likeness (QED) is 0.271. The molecule has 2 aromatic rings. The zero-order valence-corrected chi connectivity index (χ0v) is 19.8. The summed E-state index contributed by atoms with van der Waals surface area (Å²) in [7, 11) is -0.189. The number of carbonyl (C=O) groups excluding carboxylic acids is 1. The maximum absolute atomic E-state index is 13.5. The Balaban J connectivity index is 1.91. The Bertz CT molecular complexity index is 1110. The SMILES string of the molecule is CN(C)c1cccc2c(S(=O)(=O)N[C@@H](CCCN=C(N)N)C(=O)N3CCOCC3)cccc12. The third-order valence-electron chi connectivity index (χ3n) is 5.49. The fraction of sp³-hybridized carbons (Fsp3) is 0.455. The van der Waals surface area contributed by atoms with Crippen LogP contribution in [0.25, 0.3) is 10.8 Å². The van der Waals surface area contributed by atoms with E-state index >= 15 is 0 Å². The van der Waals surface area contributed by atoms with Crippen molar-refractivity contribution in [1.82, 2.24) is 9.62 Å². The van der Waals surface area contributed by atoms with Gasteiger partial charge in [0.25, 0.3) is 0 Å². The number of morpholine rings is 1. The Morgan fingerprint density at radius 3 is 2.48 bits per heavy atom. The van der Waals surface area contributed by atoms with Gasteiger partial charge < -0.3 is 26.0 Å². The number of amides is 1. The predicted octanol–water partition coefficient (Wildman–Crippen LogP) is 0.465. The summed E-state index contributed by atoms with van der Waals surface area (Å²) < 4.78 is 34.9. The number of hydrogen-bond donors (Lipinski definition) is 3. The molecular formula is C22H32N6O4S. The second kappa shape index (κ2) is 10.8. The molecule has 180 valence electrons. The van der Waals surface area contributed by atoms with E-state index in [1.807, 2.05) is 37.2 Å². The number of ether oxygens (including phenoxy) is 1. The molecule has 2 aromatic carbocycles. The first kappa shape index (κ1) is 24.7. The second-order valence-electron chi connectivity index (χ2n) is 8.08. The van der Waals surface area contributed by atoms with Crippen LogP contribution in [0.3, 0.4) is 0 Å². The molecule has 1 saturated heterocycles. The minimum atomic E-state index is -4.00. The van der Waals surface area contributed by atoms with Gasteiger partial charge in [-0.05, 0) is 25.0 Å². The summed E-state index contributed by atoms with van der Waals surface area (Å²) in [6.07, 6.45) is 0.710. The molecule has 0 aliphatic carbocycles. The largest absolute Gasteiger partial charge is 0.378 e. The Kier molecular flexibility index (Phi) is 8.11. The van der Waals surface area contributed by atoms with E-state index in [4.69, 9.17) is 16.2 Å². The van der Waals surface area contributed by atoms with Crippen LogP contribution in [-0.2, 0) is 19.6 Å². The summed E-state index contributed by atoms with van der Waals surface area (Å²) >= 11 is 0. The van der Waals surface area contributed by atoms with Gasteiger partial charge in [0, 0.05) is 50.2 Å². The number of rotatable bonds is 9. The van der Waals surface area contributed by atoms with E-state index in [1.165, 1.54) is 0 Å². The third kappa shape index (κ3) is 6.12. The Morgan fingerprint density at radius 2 is 1.82 bits per heavy atom. The zero-order valence-electron chi connectivity index (χ0n) is 19.0. The van der Waals surface area contributed by atoms with Gasteiger partial charge in [0.1, 0.15) is 6.04 Å². The molecule has 0 spiro atoms. The van der Waals surface area contributed by atoms with Crippen molar-refractivity contribution in [1.29, 1.82) is 0 Å². The molecule has 0 unspecified atom stereocenters. The van der Waals surface area contributed by atoms with Gasteiger partial charge in [-0.1, -0.05) is 24.3 Å². The first-order valence-corrected chi connectivity index (χ1v) is 12.3. The lowest BCUT2D eigenvalue weighted by molar-refractivity contribution is -0.137. The molecule has 3 rings (SSSR count). The van der Waals surface area contributed by atoms with Crippen LogP contribution in [-0.4, -0.2) is 78.2 Å². The third-order valence-corrected chi connectivity index (χ3v) is 7.02. The number of fused-ring (bicyclic) bond motifs is 1. The van der Waals surface area contributed by atoms with Gasteiger partial charge in [0.05, 0.1) is 18.1 Å². The van der Waals surface area contributed by atoms with E-state index in [9.17, 15) is 13.2 Å². The molecule has 1 amide bonds. The van der Waals surface area contributed by atoms with Gasteiger partial charge in [0.2, 0.25) is 15.9 Å². The molecule has 5 N–H and O–H groups in total. The number of guanidine groups is 1. The molecule has 1 fully saturated rings. The van der Waals surface area contributed by atoms with E-state index in [1.54, 1.807) is 23.1 Å². The van der Waals surface area contributed by atoms with Crippen molar-refractivity contribution in [2.45, 2.75) is 23.8 Å². The smallest absolute Gasteiger partial charge is 0.241 e. The fourth-order valence-electron chi connectivity index (χ4n) is 3.88. The molecule has 1 atom stereocenters. The highest BCUT2D eigenvalue weighted by Crippen LogP contribution is 2.30. The number of aliphatic imine (C=N–C) groups is 1. The number of nitrogens with two attached hydrogens (primary N) is 2. The molecule has 0 bridgehead atoms. The van der Waals surface area contributed by atoms with Crippen molar-refractivity contribution in [2.24, 2.45) is 16.5 Å². The summed E-state index contributed by atoms with van der Waals surface area (Å²) in [4.78, 5) is 20.8. The predicted molar refractivity (Wildman–Crippen MR) is 130 cm³/mol. The molecule has 1 heterocycles. The minimum absolute atomic E-state index is 0.0425. The molecule has 33 heavy (non-hydrogen) atoms. The molecular weight excluding hydrogens is 444 g/mol. The standard InChI is InChI=1S/C22H32N6O4S/c1-27(2)19-9-3-7-17-16(19)6-4-10-20(17)33(30,31)26-18(8-5-11-25-22(23)24)21(29)28-12-14-32-15-13-28/h3-4,6-7,9-10,18,26H,5,8,11-15H2,1-2H3,(H4,23,24,25)/t18-/m0/s1. The van der Waals surface area contributed by atoms with Gasteiger partial charge >= 0.3 is 0 Å².